The van der Waals surface area contributed by atoms with E-state index in [2.05, 4.69) is 47.6 Å². The molecule has 3 fully saturated rings. The molecule has 32 heavy (non-hydrogen) atoms. The van der Waals surface area contributed by atoms with E-state index in [1.54, 1.807) is 5.57 Å². The lowest BCUT2D eigenvalue weighted by atomic mass is 9.59. The maximum Gasteiger partial charge on any atom is 0.0436 e. The van der Waals surface area contributed by atoms with Gasteiger partial charge in [0.15, 0.2) is 0 Å². The summed E-state index contributed by atoms with van der Waals surface area (Å²) in [7, 11) is 0. The Morgan fingerprint density at radius 2 is 1.50 bits per heavy atom. The summed E-state index contributed by atoms with van der Waals surface area (Å²) < 4.78 is 0. The van der Waals surface area contributed by atoms with E-state index in [1.165, 1.54) is 57.8 Å². The Kier molecular flexibility index (Phi) is 8.98. The van der Waals surface area contributed by atoms with Crippen LogP contribution in [0, 0.1) is 52.3 Å². The van der Waals surface area contributed by atoms with Gasteiger partial charge >= 0.3 is 0 Å². The van der Waals surface area contributed by atoms with Crippen LogP contribution in [0.3, 0.4) is 0 Å². The van der Waals surface area contributed by atoms with Crippen molar-refractivity contribution in [1.82, 2.24) is 0 Å². The lowest BCUT2D eigenvalue weighted by Crippen LogP contribution is -2.38. The predicted octanol–water partition coefficient (Wildman–Crippen LogP) is 7.63. The largest absolute Gasteiger partial charge is 0.396 e. The van der Waals surface area contributed by atoms with Gasteiger partial charge < -0.3 is 10.2 Å². The van der Waals surface area contributed by atoms with Gasteiger partial charge in [0.25, 0.3) is 0 Å². The quantitative estimate of drug-likeness (QED) is 0.412. The molecule has 0 bridgehead atoms. The summed E-state index contributed by atoms with van der Waals surface area (Å²) in [5.41, 5.74) is 2.69. The van der Waals surface area contributed by atoms with E-state index in [0.717, 1.165) is 42.4 Å². The highest BCUT2D eigenvalue weighted by atomic mass is 16.3. The molecule has 0 radical (unpaired) electrons. The standard InChI is InChI=1S/C15H28O.C15H26O/c2*1-11-5-4-9-15(3)13(11)6-7-14(15)12(2)8-10-16/h11-14,16H,4-10H2,1-3H3;7,11-13,16H,4-6,8-10H2,1-3H3/t11?,12-,13+,14-,15+;11?,12-,13+,15+/m11/s1. The Morgan fingerprint density at radius 3 is 2.16 bits per heavy atom. The van der Waals surface area contributed by atoms with E-state index in [4.69, 9.17) is 10.2 Å². The van der Waals surface area contributed by atoms with E-state index in [9.17, 15) is 0 Å². The van der Waals surface area contributed by atoms with Gasteiger partial charge in [-0.25, -0.2) is 0 Å². The van der Waals surface area contributed by atoms with E-state index in [1.807, 2.05) is 0 Å². The molecule has 4 aliphatic carbocycles. The second-order valence-electron chi connectivity index (χ2n) is 12.9. The zero-order valence-corrected chi connectivity index (χ0v) is 22.2. The molecule has 4 aliphatic rings. The highest BCUT2D eigenvalue weighted by Crippen LogP contribution is 2.60. The predicted molar refractivity (Wildman–Crippen MR) is 136 cm³/mol. The Morgan fingerprint density at radius 1 is 0.875 bits per heavy atom. The number of hydrogen-bond donors (Lipinski definition) is 2. The first-order chi connectivity index (χ1) is 15.2. The van der Waals surface area contributed by atoms with E-state index in [0.29, 0.717) is 35.9 Å². The molecule has 0 heterocycles. The molecule has 0 aromatic carbocycles. The fourth-order valence-corrected chi connectivity index (χ4v) is 9.20. The SMILES string of the molecule is CC1CCC[C@]2(C)C([C@H](C)CCO)=CC[C@@H]12.CC1CCC[C@]2(C)[C@@H]([C@H](C)CCO)CC[C@@H]12. The fourth-order valence-electron chi connectivity index (χ4n) is 9.20. The van der Waals surface area contributed by atoms with Gasteiger partial charge in [-0.05, 0) is 97.2 Å². The zero-order valence-electron chi connectivity index (χ0n) is 22.2. The van der Waals surface area contributed by atoms with Crippen LogP contribution in [0.4, 0.5) is 0 Å². The molecule has 0 amide bonds. The first kappa shape index (κ1) is 26.3. The number of fused-ring (bicyclic) bond motifs is 2. The van der Waals surface area contributed by atoms with Gasteiger partial charge in [-0.15, -0.1) is 0 Å². The summed E-state index contributed by atoms with van der Waals surface area (Å²) in [6.07, 6.45) is 17.0. The zero-order chi connectivity index (χ0) is 23.5. The van der Waals surface area contributed by atoms with Crippen molar-refractivity contribution in [3.05, 3.63) is 11.6 Å². The average Bonchev–Trinajstić information content (AvgIpc) is 3.27. The second kappa shape index (κ2) is 10.9. The summed E-state index contributed by atoms with van der Waals surface area (Å²) in [6, 6.07) is 0. The van der Waals surface area contributed by atoms with E-state index < -0.39 is 0 Å². The third kappa shape index (κ3) is 5.02. The second-order valence-corrected chi connectivity index (χ2v) is 12.9. The van der Waals surface area contributed by atoms with Crippen molar-refractivity contribution in [2.75, 3.05) is 13.2 Å². The normalized spacial score (nSPS) is 42.9. The highest BCUT2D eigenvalue weighted by molar-refractivity contribution is 5.25. The molecule has 2 nitrogen and oxygen atoms in total. The highest BCUT2D eigenvalue weighted by Gasteiger charge is 2.51. The van der Waals surface area contributed by atoms with Crippen LogP contribution < -0.4 is 0 Å². The number of rotatable bonds is 6. The molecule has 3 saturated carbocycles. The van der Waals surface area contributed by atoms with E-state index in [-0.39, 0.29) is 0 Å². The van der Waals surface area contributed by atoms with Crippen molar-refractivity contribution in [2.45, 2.75) is 112 Å². The Balaban J connectivity index is 0.000000181. The van der Waals surface area contributed by atoms with Crippen molar-refractivity contribution in [2.24, 2.45) is 52.3 Å². The number of allylic oxidation sites excluding steroid dienone is 2. The minimum absolute atomic E-state index is 0.328. The van der Waals surface area contributed by atoms with Gasteiger partial charge in [0.2, 0.25) is 0 Å². The molecule has 4 rings (SSSR count). The number of hydrogen-bond acceptors (Lipinski definition) is 2. The summed E-state index contributed by atoms with van der Waals surface area (Å²) in [6.45, 7) is 15.2. The third-order valence-electron chi connectivity index (χ3n) is 11.0. The van der Waals surface area contributed by atoms with Crippen molar-refractivity contribution in [3.8, 4) is 0 Å². The van der Waals surface area contributed by atoms with Gasteiger partial charge in [-0.2, -0.15) is 0 Å². The van der Waals surface area contributed by atoms with Crippen LogP contribution in [-0.4, -0.2) is 23.4 Å². The van der Waals surface area contributed by atoms with Gasteiger partial charge in [0.05, 0.1) is 0 Å². The molecule has 9 atom stereocenters. The number of aliphatic hydroxyl groups is 2. The lowest BCUT2D eigenvalue weighted by molar-refractivity contribution is 0.0316. The Bertz CT molecular complexity index is 620. The summed E-state index contributed by atoms with van der Waals surface area (Å²) >= 11 is 0. The monoisotopic (exact) mass is 446 g/mol. The maximum atomic E-state index is 9.13. The molecule has 0 aromatic rings. The average molecular weight is 447 g/mol. The molecular formula is C30H54O2. The van der Waals surface area contributed by atoms with Crippen LogP contribution in [-0.2, 0) is 0 Å². The minimum atomic E-state index is 0.328. The molecule has 0 aromatic heterocycles. The maximum absolute atomic E-state index is 9.13. The van der Waals surface area contributed by atoms with Crippen LogP contribution in [0.5, 0.6) is 0 Å². The van der Waals surface area contributed by atoms with Crippen molar-refractivity contribution in [1.29, 1.82) is 0 Å². The Labute approximate surface area is 199 Å². The third-order valence-corrected chi connectivity index (χ3v) is 11.0. The fraction of sp³-hybridized carbons (Fsp3) is 0.933. The number of aliphatic hydroxyl groups excluding tert-OH is 2. The molecule has 2 unspecified atom stereocenters. The van der Waals surface area contributed by atoms with Gasteiger partial charge in [0, 0.05) is 13.2 Å². The topological polar surface area (TPSA) is 40.5 Å². The van der Waals surface area contributed by atoms with Crippen LogP contribution >= 0.6 is 0 Å². The molecular weight excluding hydrogens is 392 g/mol. The van der Waals surface area contributed by atoms with Crippen LogP contribution in [0.15, 0.2) is 11.6 Å². The van der Waals surface area contributed by atoms with Crippen LogP contribution in [0.2, 0.25) is 0 Å². The molecule has 0 spiro atoms. The smallest absolute Gasteiger partial charge is 0.0436 e. The van der Waals surface area contributed by atoms with Gasteiger partial charge in [0.1, 0.15) is 0 Å². The summed E-state index contributed by atoms with van der Waals surface area (Å²) in [4.78, 5) is 0. The van der Waals surface area contributed by atoms with Crippen molar-refractivity contribution < 1.29 is 10.2 Å². The molecule has 2 N–H and O–H groups in total. The van der Waals surface area contributed by atoms with Crippen LogP contribution in [0.1, 0.15) is 112 Å². The van der Waals surface area contributed by atoms with Crippen molar-refractivity contribution in [3.63, 3.8) is 0 Å². The molecule has 2 heteroatoms. The Hall–Kier alpha value is -0.340. The van der Waals surface area contributed by atoms with Crippen molar-refractivity contribution >= 4 is 0 Å². The molecule has 0 aliphatic heterocycles. The molecule has 186 valence electrons. The molecule has 0 saturated heterocycles. The first-order valence-electron chi connectivity index (χ1n) is 14.1. The first-order valence-corrected chi connectivity index (χ1v) is 14.1. The minimum Gasteiger partial charge on any atom is -0.396 e. The van der Waals surface area contributed by atoms with E-state index >= 15 is 0 Å². The van der Waals surface area contributed by atoms with Gasteiger partial charge in [-0.3, -0.25) is 0 Å². The summed E-state index contributed by atoms with van der Waals surface area (Å²) in [5, 5.41) is 18.2. The van der Waals surface area contributed by atoms with Gasteiger partial charge in [-0.1, -0.05) is 78.9 Å². The lowest BCUT2D eigenvalue weighted by Gasteiger charge is -2.46. The van der Waals surface area contributed by atoms with Crippen LogP contribution in [0.25, 0.3) is 0 Å². The summed E-state index contributed by atoms with van der Waals surface area (Å²) in [5.74, 6) is 5.81.